The van der Waals surface area contributed by atoms with Crippen LogP contribution < -0.4 is 0 Å². The summed E-state index contributed by atoms with van der Waals surface area (Å²) in [5.74, 6) is 0.628. The molecule has 0 aliphatic rings. The molecule has 2 heterocycles. The highest BCUT2D eigenvalue weighted by Crippen LogP contribution is 2.38. The quantitative estimate of drug-likeness (QED) is 0.184. The Morgan fingerprint density at radius 1 is 0.327 bits per heavy atom. The van der Waals surface area contributed by atoms with Crippen LogP contribution >= 0.6 is 0 Å². The Hall–Kier alpha value is -6.58. The lowest BCUT2D eigenvalue weighted by atomic mass is 9.96. The minimum atomic E-state index is 0.582. The summed E-state index contributed by atoms with van der Waals surface area (Å²) in [4.78, 5) is 10.2. The smallest absolute Gasteiger partial charge is 0.231 e. The summed E-state index contributed by atoms with van der Waals surface area (Å²) in [6, 6.07) is 63.5. The van der Waals surface area contributed by atoms with E-state index in [0.717, 1.165) is 55.4 Å². The molecule has 7 aromatic carbocycles. The molecule has 49 heavy (non-hydrogen) atoms. The van der Waals surface area contributed by atoms with Gasteiger partial charge >= 0.3 is 0 Å². The summed E-state index contributed by atoms with van der Waals surface area (Å²) < 4.78 is 6.35. The van der Waals surface area contributed by atoms with Gasteiger partial charge in [-0.25, -0.2) is 4.98 Å². The van der Waals surface area contributed by atoms with E-state index in [-0.39, 0.29) is 0 Å². The Morgan fingerprint density at radius 3 is 1.35 bits per heavy atom. The van der Waals surface area contributed by atoms with Gasteiger partial charge in [-0.15, -0.1) is 0 Å². The van der Waals surface area contributed by atoms with Crippen LogP contribution in [-0.4, -0.2) is 9.97 Å². The summed E-state index contributed by atoms with van der Waals surface area (Å²) in [6.45, 7) is 0. The predicted octanol–water partition coefficient (Wildman–Crippen LogP) is 12.4. The van der Waals surface area contributed by atoms with Crippen LogP contribution in [0.3, 0.4) is 0 Å². The van der Waals surface area contributed by atoms with Crippen LogP contribution in [0.1, 0.15) is 0 Å². The Labute approximate surface area is 284 Å². The molecule has 0 spiro atoms. The molecule has 9 aromatic rings. The van der Waals surface area contributed by atoms with Crippen LogP contribution in [0.25, 0.3) is 89.2 Å². The number of para-hydroxylation sites is 1. The van der Waals surface area contributed by atoms with Gasteiger partial charge in [-0.3, -0.25) is 0 Å². The van der Waals surface area contributed by atoms with Gasteiger partial charge < -0.3 is 4.42 Å². The molecule has 0 aliphatic heterocycles. The molecule has 0 fully saturated rings. The van der Waals surface area contributed by atoms with Gasteiger partial charge in [0.15, 0.2) is 5.82 Å². The van der Waals surface area contributed by atoms with Gasteiger partial charge in [-0.05, 0) is 68.8 Å². The second-order valence-corrected chi connectivity index (χ2v) is 12.2. The fourth-order valence-corrected chi connectivity index (χ4v) is 6.64. The summed E-state index contributed by atoms with van der Waals surface area (Å²) >= 11 is 0. The maximum Gasteiger partial charge on any atom is 0.231 e. The average molecular weight is 627 g/mol. The number of aromatic nitrogens is 2. The first kappa shape index (κ1) is 28.6. The third kappa shape index (κ3) is 5.48. The fourth-order valence-electron chi connectivity index (χ4n) is 6.64. The van der Waals surface area contributed by atoms with E-state index in [1.807, 2.05) is 30.3 Å². The van der Waals surface area contributed by atoms with Gasteiger partial charge in [0, 0.05) is 16.5 Å². The SMILES string of the molecule is c1ccc(-c2cccc(-c3ccc(-c4cccc(-c5nc(-c6cccc(-c7ccccc7)c6)c6c(n5)oc5ccccc56)c4)cc3)c2)cc1. The van der Waals surface area contributed by atoms with Crippen molar-refractivity contribution in [3.05, 3.63) is 182 Å². The number of rotatable bonds is 6. The van der Waals surface area contributed by atoms with Crippen LogP contribution in [0.5, 0.6) is 0 Å². The molecule has 2 aromatic heterocycles. The van der Waals surface area contributed by atoms with E-state index in [2.05, 4.69) is 152 Å². The fraction of sp³-hybridized carbons (Fsp3) is 0. The molecule has 0 atom stereocenters. The van der Waals surface area contributed by atoms with Crippen molar-refractivity contribution >= 4 is 22.1 Å². The Balaban J connectivity index is 1.11. The van der Waals surface area contributed by atoms with E-state index in [4.69, 9.17) is 14.4 Å². The summed E-state index contributed by atoms with van der Waals surface area (Å²) in [6.07, 6.45) is 0. The normalized spacial score (nSPS) is 11.3. The van der Waals surface area contributed by atoms with Gasteiger partial charge in [-0.2, -0.15) is 4.98 Å². The standard InChI is InChI=1S/C46H30N2O/c1-3-12-31(13-4-1)35-16-9-17-36(28-35)33-24-26-34(27-25-33)38-19-11-21-40(30-38)45-47-44(43-41-22-7-8-23-42(41)49-46(43)48-45)39-20-10-18-37(29-39)32-14-5-2-6-15-32/h1-30H. The molecule has 0 saturated carbocycles. The molecule has 0 N–H and O–H groups in total. The summed E-state index contributed by atoms with van der Waals surface area (Å²) in [5, 5.41) is 1.93. The maximum atomic E-state index is 6.35. The molecule has 0 aliphatic carbocycles. The van der Waals surface area contributed by atoms with Gasteiger partial charge in [-0.1, -0.05) is 158 Å². The lowest BCUT2D eigenvalue weighted by Crippen LogP contribution is -1.94. The average Bonchev–Trinajstić information content (AvgIpc) is 3.57. The Morgan fingerprint density at radius 2 is 0.755 bits per heavy atom. The van der Waals surface area contributed by atoms with E-state index in [9.17, 15) is 0 Å². The highest BCUT2D eigenvalue weighted by Gasteiger charge is 2.19. The van der Waals surface area contributed by atoms with Crippen molar-refractivity contribution in [1.29, 1.82) is 0 Å². The molecule has 3 heteroatoms. The van der Waals surface area contributed by atoms with E-state index in [1.165, 1.54) is 22.3 Å². The molecule has 9 rings (SSSR count). The minimum Gasteiger partial charge on any atom is -0.438 e. The predicted molar refractivity (Wildman–Crippen MR) is 202 cm³/mol. The molecular formula is C46H30N2O. The molecule has 230 valence electrons. The van der Waals surface area contributed by atoms with Gasteiger partial charge in [0.25, 0.3) is 0 Å². The zero-order chi connectivity index (χ0) is 32.6. The van der Waals surface area contributed by atoms with E-state index < -0.39 is 0 Å². The van der Waals surface area contributed by atoms with Gasteiger partial charge in [0.1, 0.15) is 5.58 Å². The van der Waals surface area contributed by atoms with E-state index in [0.29, 0.717) is 11.5 Å². The molecular weight excluding hydrogens is 597 g/mol. The van der Waals surface area contributed by atoms with Crippen LogP contribution in [0.4, 0.5) is 0 Å². The van der Waals surface area contributed by atoms with E-state index >= 15 is 0 Å². The number of hydrogen-bond donors (Lipinski definition) is 0. The van der Waals surface area contributed by atoms with E-state index in [1.54, 1.807) is 0 Å². The van der Waals surface area contributed by atoms with Gasteiger partial charge in [0.05, 0.1) is 11.1 Å². The Bertz CT molecular complexity index is 2590. The third-order valence-corrected chi connectivity index (χ3v) is 9.12. The Kier molecular flexibility index (Phi) is 7.14. The van der Waals surface area contributed by atoms with Crippen molar-refractivity contribution in [2.45, 2.75) is 0 Å². The zero-order valence-electron chi connectivity index (χ0n) is 26.6. The summed E-state index contributed by atoms with van der Waals surface area (Å²) in [7, 11) is 0. The molecule has 3 nitrogen and oxygen atoms in total. The van der Waals surface area contributed by atoms with Crippen LogP contribution in [0.2, 0.25) is 0 Å². The molecule has 0 bridgehead atoms. The monoisotopic (exact) mass is 626 g/mol. The largest absolute Gasteiger partial charge is 0.438 e. The maximum absolute atomic E-state index is 6.35. The topological polar surface area (TPSA) is 38.9 Å². The van der Waals surface area contributed by atoms with Crippen molar-refractivity contribution in [3.63, 3.8) is 0 Å². The van der Waals surface area contributed by atoms with Crippen molar-refractivity contribution < 1.29 is 4.42 Å². The first-order chi connectivity index (χ1) is 24.3. The van der Waals surface area contributed by atoms with Crippen molar-refractivity contribution in [3.8, 4) is 67.2 Å². The second-order valence-electron chi connectivity index (χ2n) is 12.2. The van der Waals surface area contributed by atoms with Crippen molar-refractivity contribution in [1.82, 2.24) is 9.97 Å². The van der Waals surface area contributed by atoms with Crippen LogP contribution in [0.15, 0.2) is 186 Å². The first-order valence-electron chi connectivity index (χ1n) is 16.5. The highest BCUT2D eigenvalue weighted by molar-refractivity contribution is 6.10. The number of furan rings is 1. The summed E-state index contributed by atoms with van der Waals surface area (Å²) in [5.41, 5.74) is 13.5. The number of nitrogens with zero attached hydrogens (tertiary/aromatic N) is 2. The third-order valence-electron chi connectivity index (χ3n) is 9.12. The number of fused-ring (bicyclic) bond motifs is 3. The highest BCUT2D eigenvalue weighted by atomic mass is 16.3. The van der Waals surface area contributed by atoms with Gasteiger partial charge in [0.2, 0.25) is 5.71 Å². The van der Waals surface area contributed by atoms with Crippen LogP contribution in [-0.2, 0) is 0 Å². The minimum absolute atomic E-state index is 0.582. The second kappa shape index (κ2) is 12.2. The number of hydrogen-bond acceptors (Lipinski definition) is 3. The molecule has 0 saturated heterocycles. The van der Waals surface area contributed by atoms with Crippen molar-refractivity contribution in [2.24, 2.45) is 0 Å². The molecule has 0 amide bonds. The number of benzene rings is 7. The van der Waals surface area contributed by atoms with Crippen molar-refractivity contribution in [2.75, 3.05) is 0 Å². The lowest BCUT2D eigenvalue weighted by Gasteiger charge is -2.10. The zero-order valence-corrected chi connectivity index (χ0v) is 26.6. The molecule has 0 radical (unpaired) electrons. The molecule has 0 unspecified atom stereocenters. The van der Waals surface area contributed by atoms with Crippen LogP contribution in [0, 0.1) is 0 Å². The first-order valence-corrected chi connectivity index (χ1v) is 16.5. The lowest BCUT2D eigenvalue weighted by molar-refractivity contribution is 0.653.